The quantitative estimate of drug-likeness (QED) is 0.135. The second kappa shape index (κ2) is 16.9. The van der Waals surface area contributed by atoms with Crippen LogP contribution in [0, 0.1) is 29.6 Å². The summed E-state index contributed by atoms with van der Waals surface area (Å²) in [5, 5.41) is 19.6. The summed E-state index contributed by atoms with van der Waals surface area (Å²) in [5.74, 6) is -2.01. The number of carbonyl (C=O) groups is 3. The number of aliphatic carboxylic acids is 1. The van der Waals surface area contributed by atoms with Crippen molar-refractivity contribution in [3.05, 3.63) is 71.4 Å². The van der Waals surface area contributed by atoms with Crippen molar-refractivity contribution in [2.75, 3.05) is 0 Å². The van der Waals surface area contributed by atoms with Crippen LogP contribution in [0.15, 0.2) is 71.4 Å². The Morgan fingerprint density at radius 1 is 1.10 bits per heavy atom. The molecule has 0 saturated carbocycles. The minimum atomic E-state index is -1.01. The topological polar surface area (TPSA) is 101 Å². The van der Waals surface area contributed by atoms with E-state index in [-0.39, 0.29) is 35.6 Å². The van der Waals surface area contributed by atoms with Gasteiger partial charge in [-0.1, -0.05) is 94.7 Å². The first-order valence-corrected chi connectivity index (χ1v) is 14.0. The van der Waals surface area contributed by atoms with Crippen LogP contribution in [0.4, 0.5) is 0 Å². The van der Waals surface area contributed by atoms with E-state index < -0.39 is 18.0 Å². The van der Waals surface area contributed by atoms with E-state index in [1.165, 1.54) is 11.6 Å². The van der Waals surface area contributed by atoms with Crippen molar-refractivity contribution in [2.24, 2.45) is 29.6 Å². The number of allylic oxidation sites excluding steroid dienone is 8. The molecule has 6 nitrogen and oxygen atoms in total. The molecular formula is C33H48O6. The second-order valence-corrected chi connectivity index (χ2v) is 11.1. The molecule has 39 heavy (non-hydrogen) atoms. The largest absolute Gasteiger partial charge is 0.478 e. The van der Waals surface area contributed by atoms with E-state index >= 15 is 0 Å². The number of hydrogen-bond acceptors (Lipinski definition) is 5. The third-order valence-corrected chi connectivity index (χ3v) is 7.12. The van der Waals surface area contributed by atoms with Crippen LogP contribution in [0.3, 0.4) is 0 Å². The van der Waals surface area contributed by atoms with Gasteiger partial charge in [-0.2, -0.15) is 0 Å². The number of cyclic esters (lactones) is 1. The SMILES string of the molecule is CCC(/C=C\[C@@H]1OC(=O)C=C[C@@H]1C)=C/[C@H](C)C/C=C/C(C)=C\[C@@H](C)C(=O)[C@@H](C)[C@H](O)[C@@H](C)C/C(C)=C/C(=O)O. The molecule has 0 fully saturated rings. The number of Topliss-reactive ketones (excluding diaryl/α,β-unsaturated/α-hetero) is 1. The van der Waals surface area contributed by atoms with Crippen LogP contribution in [0.1, 0.15) is 74.7 Å². The summed E-state index contributed by atoms with van der Waals surface area (Å²) >= 11 is 0. The first-order valence-electron chi connectivity index (χ1n) is 14.0. The van der Waals surface area contributed by atoms with Crippen LogP contribution < -0.4 is 0 Å². The molecule has 0 aromatic carbocycles. The van der Waals surface area contributed by atoms with E-state index in [1.807, 2.05) is 58.1 Å². The van der Waals surface area contributed by atoms with Gasteiger partial charge in [-0.3, -0.25) is 4.79 Å². The number of carboxylic acid groups (broad SMARTS) is 1. The summed E-state index contributed by atoms with van der Waals surface area (Å²) in [6, 6.07) is 0. The fourth-order valence-corrected chi connectivity index (χ4v) is 4.75. The first kappa shape index (κ1) is 34.0. The summed E-state index contributed by atoms with van der Waals surface area (Å²) in [7, 11) is 0. The monoisotopic (exact) mass is 540 g/mol. The first-order chi connectivity index (χ1) is 18.2. The van der Waals surface area contributed by atoms with E-state index in [4.69, 9.17) is 9.84 Å². The van der Waals surface area contributed by atoms with Gasteiger partial charge < -0.3 is 14.9 Å². The van der Waals surface area contributed by atoms with Gasteiger partial charge in [-0.15, -0.1) is 0 Å². The Morgan fingerprint density at radius 3 is 2.38 bits per heavy atom. The average molecular weight is 541 g/mol. The lowest BCUT2D eigenvalue weighted by atomic mass is 9.83. The average Bonchev–Trinajstić information content (AvgIpc) is 2.86. The highest BCUT2D eigenvalue weighted by atomic mass is 16.5. The van der Waals surface area contributed by atoms with Crippen LogP contribution in [0.5, 0.6) is 0 Å². The van der Waals surface area contributed by atoms with Crippen molar-refractivity contribution in [2.45, 2.75) is 86.9 Å². The van der Waals surface area contributed by atoms with Crippen molar-refractivity contribution < 1.29 is 29.3 Å². The lowest BCUT2D eigenvalue weighted by molar-refractivity contribution is -0.143. The van der Waals surface area contributed by atoms with Gasteiger partial charge in [0.15, 0.2) is 0 Å². The van der Waals surface area contributed by atoms with Gasteiger partial charge in [0, 0.05) is 29.9 Å². The molecule has 1 aliphatic rings. The fourth-order valence-electron chi connectivity index (χ4n) is 4.75. The Labute approximate surface area is 234 Å². The highest BCUT2D eigenvalue weighted by Gasteiger charge is 2.29. The molecule has 0 spiro atoms. The zero-order valence-electron chi connectivity index (χ0n) is 24.9. The molecule has 0 aromatic heterocycles. The van der Waals surface area contributed by atoms with Crippen molar-refractivity contribution in [3.8, 4) is 0 Å². The molecule has 7 atom stereocenters. The van der Waals surface area contributed by atoms with Gasteiger partial charge in [0.2, 0.25) is 0 Å². The molecule has 0 aliphatic carbocycles. The predicted octanol–water partition coefficient (Wildman–Crippen LogP) is 6.78. The molecule has 1 heterocycles. The van der Waals surface area contributed by atoms with E-state index in [0.717, 1.165) is 24.5 Å². The van der Waals surface area contributed by atoms with Crippen molar-refractivity contribution >= 4 is 17.7 Å². The van der Waals surface area contributed by atoms with Crippen LogP contribution in [-0.4, -0.2) is 40.1 Å². The minimum Gasteiger partial charge on any atom is -0.478 e. The molecule has 0 saturated heterocycles. The van der Waals surface area contributed by atoms with Crippen LogP contribution in [0.2, 0.25) is 0 Å². The number of ether oxygens (including phenoxy) is 1. The standard InChI is InChI=1S/C33H48O6/c1-9-28(14-15-29-24(5)13-16-31(36)39-29)19-22(3)12-10-11-21(2)17-25(6)32(37)27(8)33(38)26(7)18-23(4)20-30(34)35/h10-11,13-17,19-20,22,24-27,29,33,38H,9,12,18H2,1-8H3,(H,34,35)/b11-10+,15-14-,21-17-,23-20+,28-19-/t22-,24+,25-,26+,27-,29+,33-/m1/s1. The van der Waals surface area contributed by atoms with Gasteiger partial charge >= 0.3 is 11.9 Å². The smallest absolute Gasteiger partial charge is 0.331 e. The molecule has 2 N–H and O–H groups in total. The maximum Gasteiger partial charge on any atom is 0.331 e. The Kier molecular flexibility index (Phi) is 14.7. The molecule has 216 valence electrons. The summed E-state index contributed by atoms with van der Waals surface area (Å²) in [4.78, 5) is 35.3. The lowest BCUT2D eigenvalue weighted by Crippen LogP contribution is -2.34. The van der Waals surface area contributed by atoms with E-state index in [1.54, 1.807) is 13.8 Å². The molecule has 0 radical (unpaired) electrons. The van der Waals surface area contributed by atoms with Crippen LogP contribution >= 0.6 is 0 Å². The van der Waals surface area contributed by atoms with E-state index in [0.29, 0.717) is 17.9 Å². The van der Waals surface area contributed by atoms with Crippen molar-refractivity contribution in [3.63, 3.8) is 0 Å². The minimum absolute atomic E-state index is 0.0360. The van der Waals surface area contributed by atoms with Gasteiger partial charge in [-0.25, -0.2) is 9.59 Å². The van der Waals surface area contributed by atoms with Gasteiger partial charge in [0.25, 0.3) is 0 Å². The number of carbonyl (C=O) groups excluding carboxylic acids is 2. The Balaban J connectivity index is 2.69. The normalized spacial score (nSPS) is 23.0. The molecule has 0 unspecified atom stereocenters. The fraction of sp³-hybridized carbons (Fsp3) is 0.545. The summed E-state index contributed by atoms with van der Waals surface area (Å²) in [6.45, 7) is 15.4. The number of aliphatic hydroxyl groups excluding tert-OH is 1. The Morgan fingerprint density at radius 2 is 1.77 bits per heavy atom. The number of ketones is 1. The maximum absolute atomic E-state index is 13.0. The summed E-state index contributed by atoms with van der Waals surface area (Å²) < 4.78 is 5.39. The van der Waals surface area contributed by atoms with Crippen LogP contribution in [-0.2, 0) is 19.1 Å². The van der Waals surface area contributed by atoms with Crippen molar-refractivity contribution in [1.82, 2.24) is 0 Å². The number of rotatable bonds is 15. The maximum atomic E-state index is 13.0. The third-order valence-electron chi connectivity index (χ3n) is 7.12. The van der Waals surface area contributed by atoms with Gasteiger partial charge in [0.1, 0.15) is 11.9 Å². The highest BCUT2D eigenvalue weighted by Crippen LogP contribution is 2.24. The zero-order valence-corrected chi connectivity index (χ0v) is 24.9. The Hall–Kier alpha value is -2.99. The summed E-state index contributed by atoms with van der Waals surface area (Å²) in [6.07, 6.45) is 17.8. The van der Waals surface area contributed by atoms with E-state index in [9.17, 15) is 19.5 Å². The number of aliphatic hydroxyl groups is 1. The highest BCUT2D eigenvalue weighted by molar-refractivity contribution is 5.85. The number of esters is 1. The molecule has 6 heteroatoms. The molecule has 1 rings (SSSR count). The lowest BCUT2D eigenvalue weighted by Gasteiger charge is -2.25. The van der Waals surface area contributed by atoms with Crippen LogP contribution in [0.25, 0.3) is 0 Å². The van der Waals surface area contributed by atoms with E-state index in [2.05, 4.69) is 26.0 Å². The molecular weight excluding hydrogens is 492 g/mol. The van der Waals surface area contributed by atoms with Gasteiger partial charge in [0.05, 0.1) is 6.10 Å². The second-order valence-electron chi connectivity index (χ2n) is 11.1. The van der Waals surface area contributed by atoms with Gasteiger partial charge in [-0.05, 0) is 51.0 Å². The predicted molar refractivity (Wildman–Crippen MR) is 157 cm³/mol. The molecule has 0 bridgehead atoms. The number of carboxylic acids is 1. The number of hydrogen-bond donors (Lipinski definition) is 2. The zero-order chi connectivity index (χ0) is 29.7. The molecule has 0 aromatic rings. The third kappa shape index (κ3) is 12.6. The molecule has 1 aliphatic heterocycles. The van der Waals surface area contributed by atoms with Crippen molar-refractivity contribution in [1.29, 1.82) is 0 Å². The summed E-state index contributed by atoms with van der Waals surface area (Å²) in [5.41, 5.74) is 2.84. The molecule has 0 amide bonds. The Bertz CT molecular complexity index is 1020.